The first kappa shape index (κ1) is 13.2. The quantitative estimate of drug-likeness (QED) is 0.803. The van der Waals surface area contributed by atoms with E-state index in [2.05, 4.69) is 31.4 Å². The first-order chi connectivity index (χ1) is 9.00. The molecular formula is C17H28N2. The van der Waals surface area contributed by atoms with E-state index in [-0.39, 0.29) is 6.04 Å². The predicted molar refractivity (Wildman–Crippen MR) is 80.3 cm³/mol. The molecule has 3 rings (SSSR count). The smallest absolute Gasteiger partial charge is 0.0386 e. The molecule has 0 aromatic carbocycles. The maximum atomic E-state index is 6.31. The molecule has 0 radical (unpaired) electrons. The van der Waals surface area contributed by atoms with Gasteiger partial charge in [-0.2, -0.15) is 0 Å². The second-order valence-corrected chi connectivity index (χ2v) is 7.31. The molecule has 0 bridgehead atoms. The van der Waals surface area contributed by atoms with Crippen LogP contribution in [-0.2, 0) is 6.42 Å². The minimum atomic E-state index is 0.274. The molecule has 1 heterocycles. The van der Waals surface area contributed by atoms with Crippen molar-refractivity contribution in [3.63, 3.8) is 0 Å². The highest BCUT2D eigenvalue weighted by molar-refractivity contribution is 5.33. The summed E-state index contributed by atoms with van der Waals surface area (Å²) in [5.41, 5.74) is 11.2. The molecule has 1 saturated carbocycles. The number of aromatic nitrogens is 1. The van der Waals surface area contributed by atoms with E-state index in [0.29, 0.717) is 11.5 Å². The molecule has 1 aromatic rings. The first-order valence-electron chi connectivity index (χ1n) is 7.97. The van der Waals surface area contributed by atoms with E-state index >= 15 is 0 Å². The van der Waals surface area contributed by atoms with Crippen molar-refractivity contribution in [2.45, 2.75) is 77.8 Å². The maximum Gasteiger partial charge on any atom is 0.0386 e. The highest BCUT2D eigenvalue weighted by Gasteiger charge is 2.36. The number of fused-ring (bicyclic) bond motifs is 1. The molecule has 2 N–H and O–H groups in total. The van der Waals surface area contributed by atoms with Crippen LogP contribution in [0.2, 0.25) is 0 Å². The van der Waals surface area contributed by atoms with Crippen LogP contribution in [0, 0.1) is 12.3 Å². The summed E-state index contributed by atoms with van der Waals surface area (Å²) >= 11 is 0. The van der Waals surface area contributed by atoms with Crippen LogP contribution in [0.25, 0.3) is 0 Å². The minimum Gasteiger partial charge on any atom is -0.345 e. The highest BCUT2D eigenvalue weighted by Crippen LogP contribution is 2.46. The van der Waals surface area contributed by atoms with Crippen molar-refractivity contribution in [3.8, 4) is 0 Å². The van der Waals surface area contributed by atoms with E-state index in [4.69, 9.17) is 5.73 Å². The van der Waals surface area contributed by atoms with Gasteiger partial charge in [-0.15, -0.1) is 0 Å². The predicted octanol–water partition coefficient (Wildman–Crippen LogP) is 4.27. The van der Waals surface area contributed by atoms with Crippen molar-refractivity contribution in [1.82, 2.24) is 4.57 Å². The molecule has 19 heavy (non-hydrogen) atoms. The summed E-state index contributed by atoms with van der Waals surface area (Å²) in [6, 6.07) is 3.31. The number of nitrogens with two attached hydrogens (primary N) is 1. The molecule has 2 unspecified atom stereocenters. The lowest BCUT2D eigenvalue weighted by atomic mass is 9.73. The van der Waals surface area contributed by atoms with Crippen molar-refractivity contribution in [2.75, 3.05) is 0 Å². The molecule has 0 aliphatic heterocycles. The van der Waals surface area contributed by atoms with Crippen molar-refractivity contribution >= 4 is 0 Å². The topological polar surface area (TPSA) is 30.9 Å². The van der Waals surface area contributed by atoms with Gasteiger partial charge in [0, 0.05) is 23.5 Å². The second-order valence-electron chi connectivity index (χ2n) is 7.31. The Labute approximate surface area is 117 Å². The van der Waals surface area contributed by atoms with Gasteiger partial charge >= 0.3 is 0 Å². The van der Waals surface area contributed by atoms with Crippen LogP contribution in [0.4, 0.5) is 0 Å². The summed E-state index contributed by atoms with van der Waals surface area (Å²) < 4.78 is 2.66. The fourth-order valence-electron chi connectivity index (χ4n) is 4.35. The van der Waals surface area contributed by atoms with Gasteiger partial charge in [-0.05, 0) is 56.1 Å². The van der Waals surface area contributed by atoms with Crippen LogP contribution < -0.4 is 5.73 Å². The molecule has 2 atom stereocenters. The Hall–Kier alpha value is -0.760. The van der Waals surface area contributed by atoms with E-state index in [1.807, 2.05) is 0 Å². The van der Waals surface area contributed by atoms with E-state index in [1.54, 1.807) is 5.69 Å². The summed E-state index contributed by atoms with van der Waals surface area (Å²) in [6.45, 7) is 7.17. The number of rotatable bonds is 1. The summed E-state index contributed by atoms with van der Waals surface area (Å²) in [6.07, 6.45) is 9.11. The summed E-state index contributed by atoms with van der Waals surface area (Å²) in [5.74, 6) is 0. The van der Waals surface area contributed by atoms with Crippen LogP contribution >= 0.6 is 0 Å². The molecule has 106 valence electrons. The van der Waals surface area contributed by atoms with Gasteiger partial charge in [-0.3, -0.25) is 0 Å². The zero-order chi connectivity index (χ0) is 13.6. The highest BCUT2D eigenvalue weighted by atomic mass is 15.1. The molecule has 0 amide bonds. The van der Waals surface area contributed by atoms with Crippen molar-refractivity contribution < 1.29 is 0 Å². The summed E-state index contributed by atoms with van der Waals surface area (Å²) in [7, 11) is 0. The number of nitrogens with zero attached hydrogens (tertiary/aromatic N) is 1. The normalized spacial score (nSPS) is 30.1. The molecule has 2 heteroatoms. The van der Waals surface area contributed by atoms with E-state index < -0.39 is 0 Å². The van der Waals surface area contributed by atoms with Crippen LogP contribution in [0.15, 0.2) is 6.07 Å². The minimum absolute atomic E-state index is 0.274. The van der Waals surface area contributed by atoms with Crippen molar-refractivity contribution in [2.24, 2.45) is 11.1 Å². The Morgan fingerprint density at radius 3 is 2.74 bits per heavy atom. The molecule has 1 fully saturated rings. The monoisotopic (exact) mass is 260 g/mol. The van der Waals surface area contributed by atoms with Gasteiger partial charge in [-0.25, -0.2) is 0 Å². The van der Waals surface area contributed by atoms with Gasteiger partial charge in [0.1, 0.15) is 0 Å². The molecular weight excluding hydrogens is 232 g/mol. The van der Waals surface area contributed by atoms with E-state index in [1.165, 1.54) is 49.8 Å². The summed E-state index contributed by atoms with van der Waals surface area (Å²) in [5, 5.41) is 0. The lowest BCUT2D eigenvalue weighted by Gasteiger charge is -2.41. The molecule has 0 saturated heterocycles. The van der Waals surface area contributed by atoms with E-state index in [0.717, 1.165) is 6.42 Å². The standard InChI is InChI=1S/C17H28N2/c1-12-11-13-14(18)7-6-8-15(13)19(12)16-9-4-5-10-17(16,2)3/h11,14,16H,4-10,18H2,1-3H3. The average molecular weight is 260 g/mol. The van der Waals surface area contributed by atoms with Crippen LogP contribution in [-0.4, -0.2) is 4.57 Å². The Morgan fingerprint density at radius 2 is 2.00 bits per heavy atom. The van der Waals surface area contributed by atoms with Gasteiger partial charge in [0.15, 0.2) is 0 Å². The Morgan fingerprint density at radius 1 is 1.21 bits per heavy atom. The molecule has 0 spiro atoms. The fourth-order valence-corrected chi connectivity index (χ4v) is 4.35. The van der Waals surface area contributed by atoms with Crippen LogP contribution in [0.1, 0.15) is 81.4 Å². The molecule has 2 aliphatic carbocycles. The average Bonchev–Trinajstić information content (AvgIpc) is 2.67. The number of hydrogen-bond acceptors (Lipinski definition) is 1. The van der Waals surface area contributed by atoms with Gasteiger partial charge in [0.05, 0.1) is 0 Å². The number of hydrogen-bond donors (Lipinski definition) is 1. The summed E-state index contributed by atoms with van der Waals surface area (Å²) in [4.78, 5) is 0. The van der Waals surface area contributed by atoms with Gasteiger partial charge in [-0.1, -0.05) is 26.7 Å². The Kier molecular flexibility index (Phi) is 3.24. The third-order valence-electron chi connectivity index (χ3n) is 5.46. The largest absolute Gasteiger partial charge is 0.345 e. The van der Waals surface area contributed by atoms with Gasteiger partial charge in [0.25, 0.3) is 0 Å². The third kappa shape index (κ3) is 2.14. The molecule has 2 aliphatic rings. The maximum absolute atomic E-state index is 6.31. The Balaban J connectivity index is 2.05. The molecule has 2 nitrogen and oxygen atoms in total. The second kappa shape index (κ2) is 4.66. The van der Waals surface area contributed by atoms with E-state index in [9.17, 15) is 0 Å². The third-order valence-corrected chi connectivity index (χ3v) is 5.46. The van der Waals surface area contributed by atoms with Crippen LogP contribution in [0.5, 0.6) is 0 Å². The van der Waals surface area contributed by atoms with Crippen LogP contribution in [0.3, 0.4) is 0 Å². The van der Waals surface area contributed by atoms with Crippen molar-refractivity contribution in [1.29, 1.82) is 0 Å². The fraction of sp³-hybridized carbons (Fsp3) is 0.765. The SMILES string of the molecule is Cc1cc2c(n1C1CCCCC1(C)C)CCCC2N. The van der Waals surface area contributed by atoms with Crippen molar-refractivity contribution in [3.05, 3.63) is 23.0 Å². The first-order valence-corrected chi connectivity index (χ1v) is 7.97. The lowest BCUT2D eigenvalue weighted by Crippen LogP contribution is -2.32. The zero-order valence-electron chi connectivity index (χ0n) is 12.7. The zero-order valence-corrected chi connectivity index (χ0v) is 12.7. The van der Waals surface area contributed by atoms with Gasteiger partial charge < -0.3 is 10.3 Å². The number of aryl methyl sites for hydroxylation is 1. The Bertz CT molecular complexity index is 470. The van der Waals surface area contributed by atoms with Gasteiger partial charge in [0.2, 0.25) is 0 Å². The lowest BCUT2D eigenvalue weighted by molar-refractivity contribution is 0.139. The molecule has 1 aromatic heterocycles.